The zero-order valence-corrected chi connectivity index (χ0v) is 27.6. The van der Waals surface area contributed by atoms with Crippen LogP contribution in [0.15, 0.2) is 24.8 Å². The van der Waals surface area contributed by atoms with Gasteiger partial charge in [0, 0.05) is 47.0 Å². The van der Waals surface area contributed by atoms with Crippen LogP contribution < -0.4 is 5.32 Å². The van der Waals surface area contributed by atoms with Crippen LogP contribution in [0, 0.1) is 0 Å². The van der Waals surface area contributed by atoms with Crippen LogP contribution in [0.5, 0.6) is 0 Å². The van der Waals surface area contributed by atoms with E-state index in [0.717, 1.165) is 0 Å². The topological polar surface area (TPSA) is 28.2 Å². The van der Waals surface area contributed by atoms with E-state index in [9.17, 15) is 0 Å². The Bertz CT molecular complexity index is 593. The number of hydrogen-bond donors (Lipinski definition) is 1. The van der Waals surface area contributed by atoms with Crippen molar-refractivity contribution in [1.29, 1.82) is 0 Å². The fourth-order valence-corrected chi connectivity index (χ4v) is 10.8. The molecule has 9 heteroatoms. The summed E-state index contributed by atoms with van der Waals surface area (Å²) in [6.45, 7) is 26.9. The number of hydrogen-bond acceptors (Lipinski definition) is 6. The van der Waals surface area contributed by atoms with Crippen molar-refractivity contribution in [3.05, 3.63) is 24.8 Å². The van der Waals surface area contributed by atoms with Gasteiger partial charge in [0.15, 0.2) is 0 Å². The van der Waals surface area contributed by atoms with E-state index in [0.29, 0.717) is 0 Å². The highest BCUT2D eigenvalue weighted by Crippen LogP contribution is 2.30. The van der Waals surface area contributed by atoms with Crippen molar-refractivity contribution in [2.45, 2.75) is 105 Å². The predicted octanol–water partition coefficient (Wildman–Crippen LogP) is 4.41. The van der Waals surface area contributed by atoms with E-state index in [-0.39, 0.29) is 22.2 Å². The van der Waals surface area contributed by atoms with E-state index < -0.39 is 17.7 Å². The molecule has 0 saturated heterocycles. The number of nitrogens with zero attached hydrogens (tertiary/aromatic N) is 5. The van der Waals surface area contributed by atoms with Crippen LogP contribution in [-0.4, -0.2) is 90.9 Å². The minimum atomic E-state index is -1.50. The number of halogens is 1. The lowest BCUT2D eigenvalue weighted by atomic mass is 10.1. The van der Waals surface area contributed by atoms with Crippen LogP contribution in [0.4, 0.5) is 0 Å². The molecule has 0 aliphatic carbocycles. The van der Waals surface area contributed by atoms with Crippen LogP contribution in [0.2, 0.25) is 0 Å². The van der Waals surface area contributed by atoms with Crippen molar-refractivity contribution < 1.29 is 0 Å². The fraction of sp³-hybridized carbons (Fsp3) is 0.833. The Labute approximate surface area is 214 Å². The highest BCUT2D eigenvalue weighted by atomic mass is 35.6. The monoisotopic (exact) mass is 518 g/mol. The van der Waals surface area contributed by atoms with E-state index in [2.05, 4.69) is 150 Å². The van der Waals surface area contributed by atoms with E-state index in [4.69, 9.17) is 11.1 Å². The van der Waals surface area contributed by atoms with Gasteiger partial charge in [-0.1, -0.05) is 0 Å². The maximum atomic E-state index is 6.54. The van der Waals surface area contributed by atoms with Crippen molar-refractivity contribution in [3.8, 4) is 0 Å². The van der Waals surface area contributed by atoms with Crippen LogP contribution in [0.1, 0.15) is 83.1 Å². The molecule has 0 atom stereocenters. The third-order valence-corrected chi connectivity index (χ3v) is 13.2. The maximum Gasteiger partial charge on any atom is 0.349 e. The molecule has 2 aliphatic rings. The minimum absolute atomic E-state index is 0.134. The number of rotatable bonds is 1. The molecule has 0 radical (unpaired) electrons. The van der Waals surface area contributed by atoms with Gasteiger partial charge in [-0.25, -0.2) is 0 Å². The highest BCUT2D eigenvalue weighted by molar-refractivity contribution is 7.04. The maximum absolute atomic E-state index is 6.54. The first kappa shape index (κ1) is 32.3. The summed E-state index contributed by atoms with van der Waals surface area (Å²) < 4.78 is 12.1. The summed E-state index contributed by atoms with van der Waals surface area (Å²) in [7, 11) is 5.39. The van der Waals surface area contributed by atoms with Gasteiger partial charge in [-0.05, 0) is 111 Å². The molecule has 0 amide bonds. The largest absolute Gasteiger partial charge is 0.372 e. The lowest BCUT2D eigenvalue weighted by Gasteiger charge is -2.46. The van der Waals surface area contributed by atoms with Crippen LogP contribution in [0.25, 0.3) is 0 Å². The number of nitrogens with one attached hydrogen (secondary N) is 1. The van der Waals surface area contributed by atoms with Gasteiger partial charge in [-0.15, -0.1) is 11.1 Å². The summed E-state index contributed by atoms with van der Waals surface area (Å²) in [5, 5.41) is 2.75. The first-order valence-electron chi connectivity index (χ1n) is 12.0. The third-order valence-electron chi connectivity index (χ3n) is 5.29. The second-order valence-electron chi connectivity index (χ2n) is 13.0. The smallest absolute Gasteiger partial charge is 0.349 e. The van der Waals surface area contributed by atoms with Crippen LogP contribution in [-0.2, 0) is 0 Å². The Morgan fingerprint density at radius 1 is 0.576 bits per heavy atom. The molecule has 0 unspecified atom stereocenters. The van der Waals surface area contributed by atoms with E-state index in [1.807, 2.05) is 14.1 Å². The van der Waals surface area contributed by atoms with Gasteiger partial charge in [0.25, 0.3) is 0 Å². The van der Waals surface area contributed by atoms with Crippen LogP contribution >= 0.6 is 11.1 Å². The molecule has 0 spiro atoms. The Morgan fingerprint density at radius 3 is 0.939 bits per heavy atom. The molecule has 2 heterocycles. The quantitative estimate of drug-likeness (QED) is 0.408. The second kappa shape index (κ2) is 11.8. The third kappa shape index (κ3) is 9.47. The van der Waals surface area contributed by atoms with Gasteiger partial charge in [0.05, 0.1) is 0 Å². The zero-order valence-electron chi connectivity index (χ0n) is 24.6. The fourth-order valence-electron chi connectivity index (χ4n) is 3.58. The van der Waals surface area contributed by atoms with E-state index in [1.54, 1.807) is 0 Å². The van der Waals surface area contributed by atoms with Gasteiger partial charge in [-0.2, -0.15) is 0 Å². The zero-order chi connectivity index (χ0) is 26.6. The van der Waals surface area contributed by atoms with E-state index in [1.165, 1.54) is 0 Å². The first-order valence-corrected chi connectivity index (χ1v) is 16.3. The molecule has 2 aliphatic heterocycles. The molecule has 2 rings (SSSR count). The summed E-state index contributed by atoms with van der Waals surface area (Å²) in [5.41, 5.74) is 0.680. The molecule has 0 fully saturated rings. The average Bonchev–Trinajstić information content (AvgIpc) is 3.18. The molecule has 6 nitrogen and oxygen atoms in total. The second-order valence-corrected chi connectivity index (χ2v) is 18.8. The summed E-state index contributed by atoms with van der Waals surface area (Å²) in [6, 6.07) is 0. The standard InChI is InChI=1S/C12H27N3Si.C10H21ClN2Si.C2H7N/c1-11(2,3)14-9-10-15(12(4,5)6)16(14)13(7)8;1-9(2,3)12-7-8-13(14(12)11)10(4,5)6;1-3-2/h9-10,16H,1-8H3;7-8,14H,1-6H3;3H,1-2H3. The molecule has 0 bridgehead atoms. The van der Waals surface area contributed by atoms with E-state index >= 15 is 0 Å². The average molecular weight is 519 g/mol. The van der Waals surface area contributed by atoms with Gasteiger partial charge in [0.1, 0.15) is 0 Å². The SMILES string of the molecule is CC(C)(C)N1C=CN(C(C)(C)C)[SiH]1Cl.CN(C)[SiH]1N(C(C)(C)C)C=CN1C(C)(C)C.CNC. The molecule has 0 aromatic carbocycles. The Hall–Kier alpha value is -0.676. The van der Waals surface area contributed by atoms with Gasteiger partial charge in [-0.3, -0.25) is 4.57 Å². The predicted molar refractivity (Wildman–Crippen MR) is 153 cm³/mol. The van der Waals surface area contributed by atoms with Crippen molar-refractivity contribution in [3.63, 3.8) is 0 Å². The summed E-state index contributed by atoms with van der Waals surface area (Å²) in [6.07, 6.45) is 8.80. The van der Waals surface area contributed by atoms with Crippen molar-refractivity contribution in [2.75, 3.05) is 28.2 Å². The molecule has 0 aromatic heterocycles. The van der Waals surface area contributed by atoms with Gasteiger partial charge >= 0.3 is 17.7 Å². The molecule has 33 heavy (non-hydrogen) atoms. The lowest BCUT2D eigenvalue weighted by molar-refractivity contribution is 0.250. The van der Waals surface area contributed by atoms with Gasteiger partial charge in [0.2, 0.25) is 0 Å². The summed E-state index contributed by atoms with van der Waals surface area (Å²) >= 11 is 6.54. The molecular weight excluding hydrogens is 464 g/mol. The van der Waals surface area contributed by atoms with Gasteiger partial charge < -0.3 is 23.6 Å². The van der Waals surface area contributed by atoms with Crippen molar-refractivity contribution in [1.82, 2.24) is 28.1 Å². The Morgan fingerprint density at radius 2 is 0.788 bits per heavy atom. The lowest BCUT2D eigenvalue weighted by Crippen LogP contribution is -2.62. The Kier molecular flexibility index (Phi) is 11.6. The first-order chi connectivity index (χ1) is 14.6. The molecule has 0 saturated carbocycles. The van der Waals surface area contributed by atoms with Crippen LogP contribution in [0.3, 0.4) is 0 Å². The van der Waals surface area contributed by atoms with Crippen molar-refractivity contribution in [2.24, 2.45) is 0 Å². The normalized spacial score (nSPS) is 18.1. The highest BCUT2D eigenvalue weighted by Gasteiger charge is 2.41. The summed E-state index contributed by atoms with van der Waals surface area (Å²) in [4.78, 5) is 0. The van der Waals surface area contributed by atoms with Crippen molar-refractivity contribution >= 4 is 28.8 Å². The summed E-state index contributed by atoms with van der Waals surface area (Å²) in [5.74, 6) is 0. The molecule has 1 N–H and O–H groups in total. The minimum Gasteiger partial charge on any atom is -0.372 e. The Balaban J connectivity index is 0.000000558. The molecular formula is C24H55ClN6Si2. The molecule has 196 valence electrons. The molecule has 0 aromatic rings.